The van der Waals surface area contributed by atoms with Crippen molar-refractivity contribution in [2.45, 2.75) is 45.1 Å². The second-order valence-electron chi connectivity index (χ2n) is 7.89. The SMILES string of the molecule is Cc1ccnc(N2CCN(C(=O)[C@@H]3CC(=O)N(C4CCCC4)C3)CC2)c1. The first-order valence-corrected chi connectivity index (χ1v) is 9.87. The number of hydrogen-bond acceptors (Lipinski definition) is 4. The molecule has 0 bridgehead atoms. The van der Waals surface area contributed by atoms with Crippen molar-refractivity contribution in [2.75, 3.05) is 37.6 Å². The third kappa shape index (κ3) is 3.41. The number of aromatic nitrogens is 1. The smallest absolute Gasteiger partial charge is 0.228 e. The minimum Gasteiger partial charge on any atom is -0.353 e. The Morgan fingerprint density at radius 1 is 1.15 bits per heavy atom. The van der Waals surface area contributed by atoms with Crippen molar-refractivity contribution in [3.8, 4) is 0 Å². The van der Waals surface area contributed by atoms with Crippen molar-refractivity contribution in [3.05, 3.63) is 23.9 Å². The molecule has 0 aromatic carbocycles. The van der Waals surface area contributed by atoms with Crippen LogP contribution in [0.1, 0.15) is 37.7 Å². The molecule has 3 heterocycles. The molecule has 2 saturated heterocycles. The third-order valence-electron chi connectivity index (χ3n) is 6.09. The number of hydrogen-bond donors (Lipinski definition) is 0. The van der Waals surface area contributed by atoms with Crippen LogP contribution in [0, 0.1) is 12.8 Å². The molecule has 3 fully saturated rings. The fourth-order valence-electron chi connectivity index (χ4n) is 4.57. The molecular formula is C20H28N4O2. The molecule has 2 amide bonds. The molecule has 1 aliphatic carbocycles. The fourth-order valence-corrected chi connectivity index (χ4v) is 4.57. The Bertz CT molecular complexity index is 678. The first-order chi connectivity index (χ1) is 12.6. The van der Waals surface area contributed by atoms with E-state index < -0.39 is 0 Å². The predicted octanol–water partition coefficient (Wildman–Crippen LogP) is 1.83. The largest absolute Gasteiger partial charge is 0.353 e. The van der Waals surface area contributed by atoms with Crippen LogP contribution >= 0.6 is 0 Å². The molecule has 140 valence electrons. The van der Waals surface area contributed by atoms with E-state index in [1.54, 1.807) is 0 Å². The summed E-state index contributed by atoms with van der Waals surface area (Å²) in [6, 6.07) is 4.47. The molecule has 1 aromatic rings. The lowest BCUT2D eigenvalue weighted by Crippen LogP contribution is -2.51. The molecule has 1 aromatic heterocycles. The minimum absolute atomic E-state index is 0.147. The van der Waals surface area contributed by atoms with Crippen molar-refractivity contribution in [2.24, 2.45) is 5.92 Å². The highest BCUT2D eigenvalue weighted by Crippen LogP contribution is 2.30. The molecule has 0 radical (unpaired) electrons. The van der Waals surface area contributed by atoms with E-state index in [9.17, 15) is 9.59 Å². The summed E-state index contributed by atoms with van der Waals surface area (Å²) in [6.45, 7) is 5.72. The van der Waals surface area contributed by atoms with E-state index in [2.05, 4.69) is 22.9 Å². The van der Waals surface area contributed by atoms with E-state index in [-0.39, 0.29) is 17.7 Å². The van der Waals surface area contributed by atoms with Crippen LogP contribution in [0.15, 0.2) is 18.3 Å². The number of carbonyl (C=O) groups is 2. The maximum Gasteiger partial charge on any atom is 0.228 e. The van der Waals surface area contributed by atoms with Gasteiger partial charge in [0.05, 0.1) is 5.92 Å². The minimum atomic E-state index is -0.147. The molecular weight excluding hydrogens is 328 g/mol. The average molecular weight is 356 g/mol. The van der Waals surface area contributed by atoms with Crippen LogP contribution in [-0.4, -0.2) is 65.4 Å². The number of pyridine rings is 1. The highest BCUT2D eigenvalue weighted by Gasteiger charge is 2.40. The molecule has 6 heteroatoms. The van der Waals surface area contributed by atoms with Crippen LogP contribution in [0.2, 0.25) is 0 Å². The summed E-state index contributed by atoms with van der Waals surface area (Å²) in [4.78, 5) is 35.9. The average Bonchev–Trinajstić information content (AvgIpc) is 3.31. The van der Waals surface area contributed by atoms with Crippen LogP contribution in [-0.2, 0) is 9.59 Å². The summed E-state index contributed by atoms with van der Waals surface area (Å²) in [6.07, 6.45) is 6.87. The van der Waals surface area contributed by atoms with Gasteiger partial charge in [-0.25, -0.2) is 4.98 Å². The van der Waals surface area contributed by atoms with Gasteiger partial charge in [-0.15, -0.1) is 0 Å². The Morgan fingerprint density at radius 3 is 2.58 bits per heavy atom. The molecule has 3 aliphatic rings. The van der Waals surface area contributed by atoms with Crippen LogP contribution in [0.5, 0.6) is 0 Å². The number of amides is 2. The highest BCUT2D eigenvalue weighted by molar-refractivity contribution is 5.89. The standard InChI is InChI=1S/C20H28N4O2/c1-15-6-7-21-18(12-15)22-8-10-23(11-9-22)20(26)16-13-19(25)24(14-16)17-4-2-3-5-17/h6-7,12,16-17H,2-5,8-11,13-14H2,1H3/t16-/m1/s1. The Hall–Kier alpha value is -2.11. The summed E-state index contributed by atoms with van der Waals surface area (Å²) in [7, 11) is 0. The third-order valence-corrected chi connectivity index (χ3v) is 6.09. The Morgan fingerprint density at radius 2 is 1.88 bits per heavy atom. The van der Waals surface area contributed by atoms with E-state index in [0.29, 0.717) is 32.1 Å². The van der Waals surface area contributed by atoms with Gasteiger partial charge in [-0.05, 0) is 37.5 Å². The predicted molar refractivity (Wildman–Crippen MR) is 99.8 cm³/mol. The van der Waals surface area contributed by atoms with Crippen molar-refractivity contribution < 1.29 is 9.59 Å². The van der Waals surface area contributed by atoms with E-state index in [4.69, 9.17) is 0 Å². The van der Waals surface area contributed by atoms with E-state index in [1.807, 2.05) is 22.1 Å². The molecule has 0 N–H and O–H groups in total. The second kappa shape index (κ2) is 7.25. The van der Waals surface area contributed by atoms with Crippen molar-refractivity contribution in [3.63, 3.8) is 0 Å². The van der Waals surface area contributed by atoms with Gasteiger partial charge in [0, 0.05) is 51.4 Å². The topological polar surface area (TPSA) is 56.8 Å². The van der Waals surface area contributed by atoms with E-state index >= 15 is 0 Å². The number of nitrogens with zero attached hydrogens (tertiary/aromatic N) is 4. The fraction of sp³-hybridized carbons (Fsp3) is 0.650. The first-order valence-electron chi connectivity index (χ1n) is 9.87. The van der Waals surface area contributed by atoms with Gasteiger partial charge in [0.2, 0.25) is 11.8 Å². The van der Waals surface area contributed by atoms with Gasteiger partial charge in [0.1, 0.15) is 5.82 Å². The number of carbonyl (C=O) groups excluding carboxylic acids is 2. The van der Waals surface area contributed by atoms with Gasteiger partial charge in [-0.1, -0.05) is 12.8 Å². The molecule has 1 saturated carbocycles. The Kier molecular flexibility index (Phi) is 4.83. The lowest BCUT2D eigenvalue weighted by atomic mass is 10.1. The van der Waals surface area contributed by atoms with E-state index in [0.717, 1.165) is 31.7 Å². The van der Waals surface area contributed by atoms with Crippen molar-refractivity contribution in [1.82, 2.24) is 14.8 Å². The quantitative estimate of drug-likeness (QED) is 0.829. The van der Waals surface area contributed by atoms with Gasteiger partial charge < -0.3 is 14.7 Å². The summed E-state index contributed by atoms with van der Waals surface area (Å²) in [5.74, 6) is 1.18. The Labute approximate surface area is 155 Å². The molecule has 26 heavy (non-hydrogen) atoms. The number of aryl methyl sites for hydroxylation is 1. The normalized spacial score (nSPS) is 24.6. The zero-order valence-corrected chi connectivity index (χ0v) is 15.6. The Balaban J connectivity index is 1.33. The van der Waals surface area contributed by atoms with Crippen LogP contribution < -0.4 is 4.90 Å². The van der Waals surface area contributed by atoms with Crippen LogP contribution in [0.3, 0.4) is 0 Å². The van der Waals surface area contributed by atoms with Crippen molar-refractivity contribution in [1.29, 1.82) is 0 Å². The number of likely N-dealkylation sites (tertiary alicyclic amines) is 1. The zero-order valence-electron chi connectivity index (χ0n) is 15.6. The second-order valence-corrected chi connectivity index (χ2v) is 7.89. The lowest BCUT2D eigenvalue weighted by Gasteiger charge is -2.36. The maximum atomic E-state index is 12.9. The van der Waals surface area contributed by atoms with Gasteiger partial charge in [-0.2, -0.15) is 0 Å². The molecule has 6 nitrogen and oxygen atoms in total. The summed E-state index contributed by atoms with van der Waals surface area (Å²) < 4.78 is 0. The number of rotatable bonds is 3. The summed E-state index contributed by atoms with van der Waals surface area (Å²) in [5.41, 5.74) is 1.20. The van der Waals surface area contributed by atoms with Crippen LogP contribution in [0.4, 0.5) is 5.82 Å². The monoisotopic (exact) mass is 356 g/mol. The lowest BCUT2D eigenvalue weighted by molar-refractivity contribution is -0.136. The van der Waals surface area contributed by atoms with Gasteiger partial charge in [-0.3, -0.25) is 9.59 Å². The molecule has 2 aliphatic heterocycles. The number of anilines is 1. The molecule has 0 spiro atoms. The molecule has 1 atom stereocenters. The van der Waals surface area contributed by atoms with Gasteiger partial charge in [0.25, 0.3) is 0 Å². The molecule has 4 rings (SSSR count). The van der Waals surface area contributed by atoms with Gasteiger partial charge in [0.15, 0.2) is 0 Å². The molecule has 0 unspecified atom stereocenters. The maximum absolute atomic E-state index is 12.9. The zero-order chi connectivity index (χ0) is 18.1. The van der Waals surface area contributed by atoms with E-state index in [1.165, 1.54) is 18.4 Å². The highest BCUT2D eigenvalue weighted by atomic mass is 16.2. The first kappa shape index (κ1) is 17.3. The number of piperazine rings is 1. The summed E-state index contributed by atoms with van der Waals surface area (Å²) >= 11 is 0. The van der Waals surface area contributed by atoms with Crippen molar-refractivity contribution >= 4 is 17.6 Å². The summed E-state index contributed by atoms with van der Waals surface area (Å²) in [5, 5.41) is 0. The van der Waals surface area contributed by atoms with Gasteiger partial charge >= 0.3 is 0 Å². The van der Waals surface area contributed by atoms with Crippen LogP contribution in [0.25, 0.3) is 0 Å².